The molecular weight excluding hydrogens is 521 g/mol. The monoisotopic (exact) mass is 544 g/mol. The van der Waals surface area contributed by atoms with Crippen LogP contribution in [0.3, 0.4) is 0 Å². The number of halogens is 3. The number of amides is 3. The van der Waals surface area contributed by atoms with Crippen LogP contribution < -0.4 is 10.6 Å². The van der Waals surface area contributed by atoms with Gasteiger partial charge in [-0.15, -0.1) is 5.06 Å². The molecule has 0 saturated carbocycles. The summed E-state index contributed by atoms with van der Waals surface area (Å²) in [7, 11) is 0. The molecule has 0 spiro atoms. The van der Waals surface area contributed by atoms with Gasteiger partial charge in [0.15, 0.2) is 6.17 Å². The quantitative estimate of drug-likeness (QED) is 0.386. The van der Waals surface area contributed by atoms with Crippen LogP contribution in [0, 0.1) is 0 Å². The molecule has 14 heteroatoms. The lowest BCUT2D eigenvalue weighted by molar-refractivity contribution is -0.138. The number of alkyl halides is 3. The predicted octanol–water partition coefficient (Wildman–Crippen LogP) is 3.74. The summed E-state index contributed by atoms with van der Waals surface area (Å²) in [5.74, 6) is -1.83. The Morgan fingerprint density at radius 1 is 1.21 bits per heavy atom. The maximum Gasteiger partial charge on any atom is 0.422 e. The van der Waals surface area contributed by atoms with Gasteiger partial charge in [-0.2, -0.15) is 13.2 Å². The smallest absolute Gasteiger partial charge is 0.422 e. The number of hydrogen-bond donors (Lipinski definition) is 3. The maximum atomic E-state index is 14.3. The van der Waals surface area contributed by atoms with E-state index in [2.05, 4.69) is 20.8 Å². The molecule has 39 heavy (non-hydrogen) atoms. The number of aromatic nitrogens is 1. The fraction of sp³-hybridized carbons (Fsp3) is 0.280. The zero-order chi connectivity index (χ0) is 27.7. The van der Waals surface area contributed by atoms with Gasteiger partial charge in [0.05, 0.1) is 12.2 Å². The number of hydrogen-bond acceptors (Lipinski definition) is 8. The second-order valence-electron chi connectivity index (χ2n) is 8.82. The highest BCUT2D eigenvalue weighted by Crippen LogP contribution is 2.42. The number of phenols is 1. The normalized spacial score (nSPS) is 17.6. The predicted molar refractivity (Wildman–Crippen MR) is 131 cm³/mol. The van der Waals surface area contributed by atoms with Gasteiger partial charge in [0, 0.05) is 32.1 Å². The van der Waals surface area contributed by atoms with Gasteiger partial charge in [-0.25, -0.2) is 9.79 Å². The number of benzene rings is 2. The number of phenolic OH excluding ortho intramolecular Hbond substituents is 1. The van der Waals surface area contributed by atoms with E-state index in [1.54, 1.807) is 24.3 Å². The zero-order valence-corrected chi connectivity index (χ0v) is 20.5. The fourth-order valence-electron chi connectivity index (χ4n) is 4.31. The van der Waals surface area contributed by atoms with Gasteiger partial charge >= 0.3 is 12.2 Å². The largest absolute Gasteiger partial charge is 0.506 e. The van der Waals surface area contributed by atoms with Gasteiger partial charge in [-0.3, -0.25) is 4.79 Å². The van der Waals surface area contributed by atoms with Crippen LogP contribution in [-0.4, -0.2) is 64.2 Å². The van der Waals surface area contributed by atoms with Crippen molar-refractivity contribution < 1.29 is 37.2 Å². The molecule has 3 amide bonds. The number of rotatable bonds is 7. The third-order valence-corrected chi connectivity index (χ3v) is 6.10. The van der Waals surface area contributed by atoms with Crippen molar-refractivity contribution in [1.29, 1.82) is 0 Å². The number of nitrogens with one attached hydrogen (secondary N) is 2. The first-order valence-electron chi connectivity index (χ1n) is 11.9. The molecule has 0 bridgehead atoms. The lowest BCUT2D eigenvalue weighted by Crippen LogP contribution is -2.37. The van der Waals surface area contributed by atoms with Crippen molar-refractivity contribution in [3.05, 3.63) is 65.4 Å². The summed E-state index contributed by atoms with van der Waals surface area (Å²) in [4.78, 5) is 35.0. The molecule has 0 radical (unpaired) electrons. The SMILES string of the molecule is CC(=O)Nc1ccc(C2N=C(c3onc(-c4ccccc4)c3C(F)(F)F)ON2CCN2CCNC2=O)cc1O. The Morgan fingerprint density at radius 3 is 2.62 bits per heavy atom. The van der Waals surface area contributed by atoms with Crippen molar-refractivity contribution in [2.24, 2.45) is 4.99 Å². The van der Waals surface area contributed by atoms with Crippen LogP contribution in [0.4, 0.5) is 23.7 Å². The highest BCUT2D eigenvalue weighted by Gasteiger charge is 2.45. The Hall–Kier alpha value is -4.59. The number of carbonyl (C=O) groups is 2. The van der Waals surface area contributed by atoms with Gasteiger partial charge in [-0.1, -0.05) is 41.6 Å². The van der Waals surface area contributed by atoms with Crippen LogP contribution in [0.15, 0.2) is 58.0 Å². The number of urea groups is 1. The summed E-state index contributed by atoms with van der Waals surface area (Å²) in [5.41, 5.74) is -0.845. The Kier molecular flexibility index (Phi) is 6.87. The van der Waals surface area contributed by atoms with Crippen molar-refractivity contribution in [3.63, 3.8) is 0 Å². The molecule has 1 unspecified atom stereocenters. The van der Waals surface area contributed by atoms with Crippen molar-refractivity contribution in [3.8, 4) is 17.0 Å². The lowest BCUT2D eigenvalue weighted by atomic mass is 10.1. The Morgan fingerprint density at radius 2 is 1.97 bits per heavy atom. The molecule has 204 valence electrons. The maximum absolute atomic E-state index is 14.3. The summed E-state index contributed by atoms with van der Waals surface area (Å²) in [6.45, 7) is 2.47. The van der Waals surface area contributed by atoms with E-state index < -0.39 is 41.2 Å². The third kappa shape index (κ3) is 5.36. The zero-order valence-electron chi connectivity index (χ0n) is 20.5. The molecular formula is C25H23F3N6O5. The van der Waals surface area contributed by atoms with Crippen LogP contribution in [0.2, 0.25) is 0 Å². The van der Waals surface area contributed by atoms with E-state index in [9.17, 15) is 27.9 Å². The Bertz CT molecular complexity index is 1430. The van der Waals surface area contributed by atoms with Crippen molar-refractivity contribution >= 4 is 23.5 Å². The number of nitrogens with zero attached hydrogens (tertiary/aromatic N) is 4. The standard InChI is InChI=1S/C25H23F3N6O5/c1-14(35)30-17-8-7-16(13-18(17)36)22-31-23(39-34(22)12-11-33-10-9-29-24(33)37)21-19(25(26,27)28)20(32-38-21)15-5-3-2-4-6-15/h2-8,13,22,36H,9-12H2,1H3,(H,29,37)(H,30,35). The minimum absolute atomic E-state index is 0.0698. The molecule has 3 aromatic rings. The van der Waals surface area contributed by atoms with Crippen LogP contribution >= 0.6 is 0 Å². The van der Waals surface area contributed by atoms with E-state index >= 15 is 0 Å². The Balaban J connectivity index is 1.52. The molecule has 3 heterocycles. The van der Waals surface area contributed by atoms with E-state index in [4.69, 9.17) is 9.36 Å². The molecule has 5 rings (SSSR count). The average molecular weight is 544 g/mol. The van der Waals surface area contributed by atoms with Gasteiger partial charge < -0.3 is 30.0 Å². The van der Waals surface area contributed by atoms with Crippen molar-refractivity contribution in [2.45, 2.75) is 19.3 Å². The van der Waals surface area contributed by atoms with Crippen molar-refractivity contribution in [2.75, 3.05) is 31.5 Å². The number of carbonyl (C=O) groups excluding carboxylic acids is 2. The highest BCUT2D eigenvalue weighted by atomic mass is 19.4. The average Bonchev–Trinajstić information content (AvgIpc) is 3.62. The van der Waals surface area contributed by atoms with E-state index in [0.29, 0.717) is 18.7 Å². The second kappa shape index (κ2) is 10.3. The van der Waals surface area contributed by atoms with Crippen LogP contribution in [0.25, 0.3) is 11.3 Å². The topological polar surface area (TPSA) is 133 Å². The molecule has 0 aliphatic carbocycles. The molecule has 1 aromatic heterocycles. The number of aromatic hydroxyl groups is 1. The summed E-state index contributed by atoms with van der Waals surface area (Å²) in [6, 6.07) is 11.8. The minimum Gasteiger partial charge on any atom is -0.506 e. The summed E-state index contributed by atoms with van der Waals surface area (Å²) in [5, 5.41) is 20.5. The van der Waals surface area contributed by atoms with Gasteiger partial charge in [-0.05, 0) is 17.7 Å². The molecule has 3 N–H and O–H groups in total. The number of aliphatic imine (C=N–C) groups is 1. The molecule has 11 nitrogen and oxygen atoms in total. The van der Waals surface area contributed by atoms with E-state index in [1.807, 2.05) is 0 Å². The molecule has 1 saturated heterocycles. The van der Waals surface area contributed by atoms with Gasteiger partial charge in [0.25, 0.3) is 5.90 Å². The summed E-state index contributed by atoms with van der Waals surface area (Å²) >= 11 is 0. The van der Waals surface area contributed by atoms with E-state index in [-0.39, 0.29) is 36.1 Å². The van der Waals surface area contributed by atoms with Crippen LogP contribution in [0.1, 0.15) is 30.0 Å². The summed E-state index contributed by atoms with van der Waals surface area (Å²) in [6.07, 6.45) is -5.85. The third-order valence-electron chi connectivity index (χ3n) is 6.10. The van der Waals surface area contributed by atoms with Gasteiger partial charge in [0.1, 0.15) is 17.0 Å². The molecule has 2 aliphatic rings. The van der Waals surface area contributed by atoms with E-state index in [0.717, 1.165) is 0 Å². The lowest BCUT2D eigenvalue weighted by Gasteiger charge is -2.24. The number of anilines is 1. The highest BCUT2D eigenvalue weighted by molar-refractivity contribution is 5.95. The van der Waals surface area contributed by atoms with Crippen LogP contribution in [0.5, 0.6) is 5.75 Å². The Labute approximate surface area is 219 Å². The second-order valence-corrected chi connectivity index (χ2v) is 8.82. The first-order valence-corrected chi connectivity index (χ1v) is 11.9. The van der Waals surface area contributed by atoms with Gasteiger partial charge in [0.2, 0.25) is 11.7 Å². The molecule has 1 atom stereocenters. The molecule has 2 aliphatic heterocycles. The fourth-order valence-corrected chi connectivity index (χ4v) is 4.31. The number of hydroxylamine groups is 2. The van der Waals surface area contributed by atoms with E-state index in [1.165, 1.54) is 41.2 Å². The van der Waals surface area contributed by atoms with Crippen molar-refractivity contribution in [1.82, 2.24) is 20.4 Å². The molecule has 1 fully saturated rings. The minimum atomic E-state index is -4.85. The molecule has 2 aromatic carbocycles. The first-order chi connectivity index (χ1) is 18.6. The first kappa shape index (κ1) is 26.0. The van der Waals surface area contributed by atoms with Crippen LogP contribution in [-0.2, 0) is 15.8 Å². The summed E-state index contributed by atoms with van der Waals surface area (Å²) < 4.78 is 47.9.